The van der Waals surface area contributed by atoms with Gasteiger partial charge in [0.1, 0.15) is 5.82 Å². The van der Waals surface area contributed by atoms with E-state index in [2.05, 4.69) is 30.7 Å². The predicted octanol–water partition coefficient (Wildman–Crippen LogP) is 1.79. The zero-order chi connectivity index (χ0) is 10.1. The van der Waals surface area contributed by atoms with Crippen molar-refractivity contribution in [2.45, 2.75) is 39.2 Å². The van der Waals surface area contributed by atoms with Crippen LogP contribution < -0.4 is 5.73 Å². The zero-order valence-electron chi connectivity index (χ0n) is 8.70. The van der Waals surface area contributed by atoms with E-state index < -0.39 is 0 Å². The average Bonchev–Trinajstić information content (AvgIpc) is 2.03. The minimum absolute atomic E-state index is 0.0889. The van der Waals surface area contributed by atoms with Crippen LogP contribution in [0, 0.1) is 0 Å². The van der Waals surface area contributed by atoms with Crippen molar-refractivity contribution in [3.63, 3.8) is 0 Å². The van der Waals surface area contributed by atoms with Crippen LogP contribution in [-0.2, 0) is 5.41 Å². The molecule has 0 saturated heterocycles. The molecule has 72 valence electrons. The van der Waals surface area contributed by atoms with Gasteiger partial charge in [-0.15, -0.1) is 0 Å². The van der Waals surface area contributed by atoms with E-state index in [0.717, 1.165) is 5.56 Å². The molecule has 3 nitrogen and oxygen atoms in total. The van der Waals surface area contributed by atoms with Crippen LogP contribution >= 0.6 is 0 Å². The van der Waals surface area contributed by atoms with Crippen LogP contribution in [0.5, 0.6) is 0 Å². The van der Waals surface area contributed by atoms with Gasteiger partial charge in [0.15, 0.2) is 0 Å². The Balaban J connectivity index is 2.94. The Morgan fingerprint density at radius 2 is 1.69 bits per heavy atom. The summed E-state index contributed by atoms with van der Waals surface area (Å²) in [6.45, 7) is 8.29. The minimum Gasteiger partial charge on any atom is -0.322 e. The molecule has 0 spiro atoms. The van der Waals surface area contributed by atoms with E-state index in [9.17, 15) is 0 Å². The van der Waals surface area contributed by atoms with Crippen molar-refractivity contribution in [2.24, 2.45) is 5.73 Å². The van der Waals surface area contributed by atoms with E-state index in [1.807, 2.05) is 19.3 Å². The maximum Gasteiger partial charge on any atom is 0.144 e. The summed E-state index contributed by atoms with van der Waals surface area (Å²) >= 11 is 0. The van der Waals surface area contributed by atoms with Crippen LogP contribution in [0.3, 0.4) is 0 Å². The molecule has 0 aliphatic rings. The van der Waals surface area contributed by atoms with Gasteiger partial charge >= 0.3 is 0 Å². The molecule has 0 aromatic carbocycles. The van der Waals surface area contributed by atoms with E-state index >= 15 is 0 Å². The predicted molar refractivity (Wildman–Crippen MR) is 53.3 cm³/mol. The molecule has 1 aromatic heterocycles. The Hall–Kier alpha value is -0.960. The van der Waals surface area contributed by atoms with Gasteiger partial charge < -0.3 is 5.73 Å². The summed E-state index contributed by atoms with van der Waals surface area (Å²) in [7, 11) is 0. The highest BCUT2D eigenvalue weighted by molar-refractivity contribution is 5.15. The monoisotopic (exact) mass is 179 g/mol. The highest BCUT2D eigenvalue weighted by Gasteiger charge is 2.14. The molecule has 1 rings (SSSR count). The maximum atomic E-state index is 5.65. The molecule has 1 aromatic rings. The molecule has 0 amide bonds. The fourth-order valence-corrected chi connectivity index (χ4v) is 0.960. The molecule has 13 heavy (non-hydrogen) atoms. The SMILES string of the molecule is CC(N)c1ncc(C(C)(C)C)cn1. The molecule has 1 heterocycles. The van der Waals surface area contributed by atoms with Gasteiger partial charge in [-0.3, -0.25) is 0 Å². The van der Waals surface area contributed by atoms with Crippen molar-refractivity contribution >= 4 is 0 Å². The van der Waals surface area contributed by atoms with Crippen molar-refractivity contribution in [1.29, 1.82) is 0 Å². The Kier molecular flexibility index (Phi) is 2.66. The third-order valence-electron chi connectivity index (χ3n) is 1.95. The summed E-state index contributed by atoms with van der Waals surface area (Å²) in [5.74, 6) is 0.702. The number of nitrogens with zero attached hydrogens (tertiary/aromatic N) is 2. The second kappa shape index (κ2) is 3.42. The summed E-state index contributed by atoms with van der Waals surface area (Å²) < 4.78 is 0. The van der Waals surface area contributed by atoms with E-state index in [0.29, 0.717) is 5.82 Å². The lowest BCUT2D eigenvalue weighted by atomic mass is 9.89. The van der Waals surface area contributed by atoms with Crippen LogP contribution in [0.4, 0.5) is 0 Å². The number of aromatic nitrogens is 2. The molecular formula is C10H17N3. The lowest BCUT2D eigenvalue weighted by Crippen LogP contribution is -2.15. The fraction of sp³-hybridized carbons (Fsp3) is 0.600. The lowest BCUT2D eigenvalue weighted by molar-refractivity contribution is 0.579. The Morgan fingerprint density at radius 1 is 1.23 bits per heavy atom. The average molecular weight is 179 g/mol. The van der Waals surface area contributed by atoms with E-state index in [1.54, 1.807) is 0 Å². The molecule has 0 radical (unpaired) electrons. The van der Waals surface area contributed by atoms with E-state index in [1.165, 1.54) is 0 Å². The smallest absolute Gasteiger partial charge is 0.144 e. The summed E-state index contributed by atoms with van der Waals surface area (Å²) in [6.07, 6.45) is 3.71. The van der Waals surface area contributed by atoms with Gasteiger partial charge in [-0.2, -0.15) is 0 Å². The van der Waals surface area contributed by atoms with Crippen molar-refractivity contribution < 1.29 is 0 Å². The summed E-state index contributed by atoms with van der Waals surface area (Å²) in [6, 6.07) is -0.0889. The first kappa shape index (κ1) is 10.1. The van der Waals surface area contributed by atoms with Gasteiger partial charge in [0.2, 0.25) is 0 Å². The quantitative estimate of drug-likeness (QED) is 0.715. The molecule has 1 atom stereocenters. The maximum absolute atomic E-state index is 5.65. The van der Waals surface area contributed by atoms with Crippen LogP contribution in [0.25, 0.3) is 0 Å². The van der Waals surface area contributed by atoms with Gasteiger partial charge in [0, 0.05) is 12.4 Å². The molecule has 3 heteroatoms. The van der Waals surface area contributed by atoms with Crippen LogP contribution in [0.2, 0.25) is 0 Å². The number of rotatable bonds is 1. The van der Waals surface area contributed by atoms with E-state index in [-0.39, 0.29) is 11.5 Å². The molecule has 0 saturated carbocycles. The lowest BCUT2D eigenvalue weighted by Gasteiger charge is -2.18. The molecule has 0 bridgehead atoms. The first-order chi connectivity index (χ1) is 5.91. The van der Waals surface area contributed by atoms with Gasteiger partial charge in [-0.05, 0) is 17.9 Å². The van der Waals surface area contributed by atoms with Crippen LogP contribution in [0.15, 0.2) is 12.4 Å². The molecular weight excluding hydrogens is 162 g/mol. The van der Waals surface area contributed by atoms with Crippen molar-refractivity contribution in [3.8, 4) is 0 Å². The summed E-state index contributed by atoms with van der Waals surface area (Å²) in [5, 5.41) is 0. The van der Waals surface area contributed by atoms with Gasteiger partial charge in [-0.1, -0.05) is 20.8 Å². The first-order valence-electron chi connectivity index (χ1n) is 4.49. The highest BCUT2D eigenvalue weighted by atomic mass is 14.9. The normalized spacial score (nSPS) is 14.2. The Labute approximate surface area is 79.4 Å². The second-order valence-corrected chi connectivity index (χ2v) is 4.37. The number of nitrogens with two attached hydrogens (primary N) is 1. The molecule has 0 fully saturated rings. The van der Waals surface area contributed by atoms with Gasteiger partial charge in [-0.25, -0.2) is 9.97 Å². The topological polar surface area (TPSA) is 51.8 Å². The third kappa shape index (κ3) is 2.49. The van der Waals surface area contributed by atoms with Crippen molar-refractivity contribution in [1.82, 2.24) is 9.97 Å². The molecule has 2 N–H and O–H groups in total. The van der Waals surface area contributed by atoms with E-state index in [4.69, 9.17) is 5.73 Å². The standard InChI is InChI=1S/C10H17N3/c1-7(11)9-12-5-8(6-13-9)10(2,3)4/h5-7H,11H2,1-4H3. The summed E-state index contributed by atoms with van der Waals surface area (Å²) in [4.78, 5) is 8.42. The third-order valence-corrected chi connectivity index (χ3v) is 1.95. The van der Waals surface area contributed by atoms with Crippen LogP contribution in [-0.4, -0.2) is 9.97 Å². The largest absolute Gasteiger partial charge is 0.322 e. The Bertz CT molecular complexity index is 269. The second-order valence-electron chi connectivity index (χ2n) is 4.37. The summed E-state index contributed by atoms with van der Waals surface area (Å²) in [5.41, 5.74) is 6.89. The van der Waals surface area contributed by atoms with Crippen LogP contribution in [0.1, 0.15) is 45.1 Å². The van der Waals surface area contributed by atoms with Crippen molar-refractivity contribution in [3.05, 3.63) is 23.8 Å². The molecule has 0 aliphatic heterocycles. The molecule has 1 unspecified atom stereocenters. The molecule has 0 aliphatic carbocycles. The van der Waals surface area contributed by atoms with Gasteiger partial charge in [0.05, 0.1) is 6.04 Å². The Morgan fingerprint density at radius 3 is 2.00 bits per heavy atom. The number of hydrogen-bond acceptors (Lipinski definition) is 3. The highest BCUT2D eigenvalue weighted by Crippen LogP contribution is 2.20. The van der Waals surface area contributed by atoms with Crippen molar-refractivity contribution in [2.75, 3.05) is 0 Å². The fourth-order valence-electron chi connectivity index (χ4n) is 0.960. The zero-order valence-corrected chi connectivity index (χ0v) is 8.70. The van der Waals surface area contributed by atoms with Gasteiger partial charge in [0.25, 0.3) is 0 Å². The first-order valence-corrected chi connectivity index (χ1v) is 4.49. The number of hydrogen-bond donors (Lipinski definition) is 1. The minimum atomic E-state index is -0.0889.